The molecule has 0 heterocycles. The van der Waals surface area contributed by atoms with E-state index in [1.165, 1.54) is 13.3 Å². The first-order chi connectivity index (χ1) is 10.6. The van der Waals surface area contributed by atoms with Crippen LogP contribution >= 0.6 is 0 Å². The number of esters is 1. The Morgan fingerprint density at radius 1 is 1.09 bits per heavy atom. The Morgan fingerprint density at radius 3 is 1.95 bits per heavy atom. The van der Waals surface area contributed by atoms with Gasteiger partial charge in [-0.05, 0) is 18.1 Å². The summed E-state index contributed by atoms with van der Waals surface area (Å²) >= 11 is 0. The van der Waals surface area contributed by atoms with Crippen LogP contribution in [0, 0.1) is 0 Å². The first-order valence-electron chi connectivity index (χ1n) is 7.00. The van der Waals surface area contributed by atoms with Crippen molar-refractivity contribution in [1.82, 2.24) is 0 Å². The lowest BCUT2D eigenvalue weighted by atomic mass is 9.89. The molecule has 2 rings (SSSR count). The average Bonchev–Trinajstić information content (AvgIpc) is 2.60. The van der Waals surface area contributed by atoms with Crippen molar-refractivity contribution in [3.63, 3.8) is 0 Å². The van der Waals surface area contributed by atoms with E-state index in [0.29, 0.717) is 11.1 Å². The Hall–Kier alpha value is -2.49. The highest BCUT2D eigenvalue weighted by atomic mass is 19.1. The van der Waals surface area contributed by atoms with Gasteiger partial charge in [-0.15, -0.1) is 0 Å². The zero-order valence-corrected chi connectivity index (χ0v) is 12.6. The fourth-order valence-corrected chi connectivity index (χ4v) is 2.12. The number of halogens is 1. The summed E-state index contributed by atoms with van der Waals surface area (Å²) in [7, 11) is 1.28. The summed E-state index contributed by atoms with van der Waals surface area (Å²) in [6.45, 7) is 1.57. The van der Waals surface area contributed by atoms with Crippen molar-refractivity contribution in [3.05, 3.63) is 71.8 Å². The molecule has 0 spiro atoms. The number of alkyl halides is 1. The molecule has 22 heavy (non-hydrogen) atoms. The topological polar surface area (TPSA) is 38.7 Å². The van der Waals surface area contributed by atoms with Crippen LogP contribution in [-0.4, -0.2) is 25.3 Å². The molecule has 0 bridgehead atoms. The number of hydrogen-bond donors (Lipinski definition) is 0. The second kappa shape index (κ2) is 6.98. The Bertz CT molecular complexity index is 601. The van der Waals surface area contributed by atoms with Crippen molar-refractivity contribution >= 4 is 12.2 Å². The Kier molecular flexibility index (Phi) is 5.04. The molecule has 0 saturated heterocycles. The molecule has 0 aliphatic rings. The first kappa shape index (κ1) is 15.9. The molecule has 0 aliphatic heterocycles. The molecule has 1 atom stereocenters. The minimum Gasteiger partial charge on any atom is -0.467 e. The van der Waals surface area contributed by atoms with E-state index in [4.69, 9.17) is 0 Å². The van der Waals surface area contributed by atoms with Gasteiger partial charge in [-0.25, -0.2) is 9.18 Å². The number of benzene rings is 2. The van der Waals surface area contributed by atoms with Gasteiger partial charge in [0.15, 0.2) is 5.67 Å². The van der Waals surface area contributed by atoms with Gasteiger partial charge in [-0.3, -0.25) is 4.99 Å². The highest BCUT2D eigenvalue weighted by molar-refractivity contribution is 5.82. The molecule has 0 saturated carbocycles. The highest BCUT2D eigenvalue weighted by Gasteiger charge is 2.32. The number of carbonyl (C=O) groups excluding carboxylic acids is 1. The number of ether oxygens (including phenoxy) is 1. The molecular formula is C18H18FNO2. The van der Waals surface area contributed by atoms with E-state index < -0.39 is 17.7 Å². The molecule has 0 unspecified atom stereocenters. The van der Waals surface area contributed by atoms with Crippen LogP contribution in [0.2, 0.25) is 0 Å². The molecule has 0 aromatic heterocycles. The van der Waals surface area contributed by atoms with Gasteiger partial charge < -0.3 is 4.74 Å². The third kappa shape index (κ3) is 3.39. The summed E-state index contributed by atoms with van der Waals surface area (Å²) in [4.78, 5) is 15.5. The van der Waals surface area contributed by atoms with Crippen molar-refractivity contribution in [2.75, 3.05) is 7.11 Å². The summed E-state index contributed by atoms with van der Waals surface area (Å²) in [6, 6.07) is 16.7. The predicted octanol–water partition coefficient (Wildman–Crippen LogP) is 3.53. The summed E-state index contributed by atoms with van der Waals surface area (Å²) in [6.07, 6.45) is 1.18. The summed E-state index contributed by atoms with van der Waals surface area (Å²) in [5.74, 6) is -0.500. The maximum Gasteiger partial charge on any atom is 0.330 e. The maximum absolute atomic E-state index is 15.7. The smallest absolute Gasteiger partial charge is 0.330 e. The van der Waals surface area contributed by atoms with Gasteiger partial charge >= 0.3 is 5.97 Å². The zero-order chi connectivity index (χ0) is 16.0. The molecule has 2 aromatic rings. The summed E-state index contributed by atoms with van der Waals surface area (Å²) < 4.78 is 20.3. The first-order valence-corrected chi connectivity index (χ1v) is 7.00. The van der Waals surface area contributed by atoms with E-state index in [1.807, 2.05) is 12.1 Å². The van der Waals surface area contributed by atoms with E-state index in [1.54, 1.807) is 55.5 Å². The standard InChI is InChI=1S/C18H18FNO2/c1-14(17(21)22-2)20-13-18(19,15-9-5-3-6-10-15)16-11-7-4-8-12-16/h3-14H,1-2H3/t14-/m0/s1. The van der Waals surface area contributed by atoms with E-state index in [2.05, 4.69) is 9.73 Å². The lowest BCUT2D eigenvalue weighted by Crippen LogP contribution is -2.26. The van der Waals surface area contributed by atoms with E-state index in [0.717, 1.165) is 0 Å². The summed E-state index contributed by atoms with van der Waals surface area (Å²) in [5.41, 5.74) is -0.978. The molecular weight excluding hydrogens is 281 g/mol. The largest absolute Gasteiger partial charge is 0.467 e. The molecule has 4 heteroatoms. The molecule has 2 aromatic carbocycles. The predicted molar refractivity (Wildman–Crippen MR) is 84.7 cm³/mol. The molecule has 114 valence electrons. The fourth-order valence-electron chi connectivity index (χ4n) is 2.12. The number of nitrogens with zero attached hydrogens (tertiary/aromatic N) is 1. The normalized spacial score (nSPS) is 13.0. The van der Waals surface area contributed by atoms with E-state index in [9.17, 15) is 4.79 Å². The van der Waals surface area contributed by atoms with Crippen LogP contribution in [0.25, 0.3) is 0 Å². The van der Waals surface area contributed by atoms with Crippen molar-refractivity contribution in [1.29, 1.82) is 0 Å². The SMILES string of the molecule is COC(=O)[C@H](C)N=CC(F)(c1ccccc1)c1ccccc1. The van der Waals surface area contributed by atoms with Crippen LogP contribution < -0.4 is 0 Å². The van der Waals surface area contributed by atoms with Crippen molar-refractivity contribution < 1.29 is 13.9 Å². The Morgan fingerprint density at radius 2 is 1.55 bits per heavy atom. The van der Waals surface area contributed by atoms with Crippen LogP contribution in [-0.2, 0) is 15.2 Å². The van der Waals surface area contributed by atoms with Gasteiger partial charge in [-0.2, -0.15) is 0 Å². The number of hydrogen-bond acceptors (Lipinski definition) is 3. The van der Waals surface area contributed by atoms with Gasteiger partial charge in [0.1, 0.15) is 6.04 Å². The second-order valence-corrected chi connectivity index (χ2v) is 4.92. The Balaban J connectivity index is 2.43. The van der Waals surface area contributed by atoms with Crippen LogP contribution in [0.4, 0.5) is 4.39 Å². The minimum absolute atomic E-state index is 0.460. The molecule has 0 amide bonds. The monoisotopic (exact) mass is 299 g/mol. The lowest BCUT2D eigenvalue weighted by Gasteiger charge is -2.22. The van der Waals surface area contributed by atoms with Gasteiger partial charge in [0.25, 0.3) is 0 Å². The Labute approximate surface area is 129 Å². The van der Waals surface area contributed by atoms with Crippen molar-refractivity contribution in [3.8, 4) is 0 Å². The molecule has 0 radical (unpaired) electrons. The van der Waals surface area contributed by atoms with E-state index in [-0.39, 0.29) is 0 Å². The molecule has 0 N–H and O–H groups in total. The van der Waals surface area contributed by atoms with Crippen LogP contribution in [0.15, 0.2) is 65.7 Å². The van der Waals surface area contributed by atoms with Gasteiger partial charge in [-0.1, -0.05) is 60.7 Å². The van der Waals surface area contributed by atoms with Crippen LogP contribution in [0.3, 0.4) is 0 Å². The number of carbonyl (C=O) groups is 1. The fraction of sp³-hybridized carbons (Fsp3) is 0.222. The third-order valence-corrected chi connectivity index (χ3v) is 3.41. The highest BCUT2D eigenvalue weighted by Crippen LogP contribution is 2.32. The number of methoxy groups -OCH3 is 1. The van der Waals surface area contributed by atoms with Crippen molar-refractivity contribution in [2.45, 2.75) is 18.6 Å². The van der Waals surface area contributed by atoms with Gasteiger partial charge in [0.2, 0.25) is 0 Å². The zero-order valence-electron chi connectivity index (χ0n) is 12.6. The van der Waals surface area contributed by atoms with Gasteiger partial charge in [0.05, 0.1) is 7.11 Å². The van der Waals surface area contributed by atoms with Gasteiger partial charge in [0, 0.05) is 6.21 Å². The quantitative estimate of drug-likeness (QED) is 0.626. The molecule has 3 nitrogen and oxygen atoms in total. The van der Waals surface area contributed by atoms with E-state index >= 15 is 4.39 Å². The molecule has 0 aliphatic carbocycles. The molecule has 0 fully saturated rings. The van der Waals surface area contributed by atoms with Crippen LogP contribution in [0.5, 0.6) is 0 Å². The summed E-state index contributed by atoms with van der Waals surface area (Å²) in [5, 5.41) is 0. The minimum atomic E-state index is -1.90. The van der Waals surface area contributed by atoms with Crippen LogP contribution in [0.1, 0.15) is 18.1 Å². The third-order valence-electron chi connectivity index (χ3n) is 3.41. The maximum atomic E-state index is 15.7. The average molecular weight is 299 g/mol. The van der Waals surface area contributed by atoms with Crippen molar-refractivity contribution in [2.24, 2.45) is 4.99 Å². The number of rotatable bonds is 5. The number of aliphatic imine (C=N–C) groups is 1. The lowest BCUT2D eigenvalue weighted by molar-refractivity contribution is -0.141. The second-order valence-electron chi connectivity index (χ2n) is 4.92.